The van der Waals surface area contributed by atoms with Gasteiger partial charge in [-0.15, -0.1) is 0 Å². The number of aromatic amines is 1. The number of carbonyl (C=O) groups excluding carboxylic acids is 6. The van der Waals surface area contributed by atoms with Gasteiger partial charge in [0.15, 0.2) is 0 Å². The second-order valence-electron chi connectivity index (χ2n) is 14.1. The molecule has 3 heterocycles. The number of esters is 1. The van der Waals surface area contributed by atoms with E-state index in [0.29, 0.717) is 25.7 Å². The zero-order valence-electron chi connectivity index (χ0n) is 28.8. The molecule has 4 rings (SSSR count). The molecule has 13 heteroatoms. The second kappa shape index (κ2) is 15.7. The van der Waals surface area contributed by atoms with Crippen molar-refractivity contribution < 1.29 is 33.5 Å². The summed E-state index contributed by atoms with van der Waals surface area (Å²) >= 11 is 0. The molecule has 0 unspecified atom stereocenters. The van der Waals surface area contributed by atoms with E-state index < -0.39 is 77.7 Å². The number of hydrogen-bond acceptors (Lipinski definition) is 7. The Morgan fingerprint density at radius 2 is 1.58 bits per heavy atom. The molecule has 2 saturated heterocycles. The average molecular weight is 667 g/mol. The molecule has 0 spiro atoms. The van der Waals surface area contributed by atoms with Crippen molar-refractivity contribution in [1.82, 2.24) is 31.2 Å². The molecule has 13 nitrogen and oxygen atoms in total. The number of aromatic nitrogens is 1. The Kier molecular flexibility index (Phi) is 11.9. The Balaban J connectivity index is 1.77. The quantitative estimate of drug-likeness (QED) is 0.268. The van der Waals surface area contributed by atoms with E-state index in [0.717, 1.165) is 22.9 Å². The van der Waals surface area contributed by atoms with Crippen LogP contribution >= 0.6 is 0 Å². The first kappa shape index (κ1) is 36.4. The van der Waals surface area contributed by atoms with Crippen LogP contribution in [0.2, 0.25) is 0 Å². The number of ether oxygens (including phenoxy) is 1. The lowest BCUT2D eigenvalue weighted by molar-refractivity contribution is -0.158. The van der Waals surface area contributed by atoms with E-state index in [-0.39, 0.29) is 18.9 Å². The Morgan fingerprint density at radius 3 is 2.27 bits per heavy atom. The van der Waals surface area contributed by atoms with Crippen LogP contribution in [0.4, 0.5) is 0 Å². The van der Waals surface area contributed by atoms with E-state index >= 15 is 0 Å². The molecule has 48 heavy (non-hydrogen) atoms. The number of para-hydroxylation sites is 1. The van der Waals surface area contributed by atoms with Gasteiger partial charge in [-0.2, -0.15) is 0 Å². The Labute approximate surface area is 281 Å². The minimum Gasteiger partial charge on any atom is -0.460 e. The SMILES string of the molecule is CCCC[C@@H]1NC(=O)[C@@H](C(C)C)NC(=O)[C@@H]2CCCN2C(=O)[C@@H](CC(=O)OC(C)(C)C)NC(=O)[C@@H](Cc2c[nH]c3ccccc23)NC1=O. The topological polar surface area (TPSA) is 179 Å². The highest BCUT2D eigenvalue weighted by molar-refractivity contribution is 5.99. The zero-order chi connectivity index (χ0) is 35.2. The van der Waals surface area contributed by atoms with Crippen molar-refractivity contribution in [3.63, 3.8) is 0 Å². The lowest BCUT2D eigenvalue weighted by Crippen LogP contribution is -2.58. The highest BCUT2D eigenvalue weighted by Gasteiger charge is 2.42. The summed E-state index contributed by atoms with van der Waals surface area (Å²) in [5, 5.41) is 12.1. The fourth-order valence-electron chi connectivity index (χ4n) is 6.25. The molecule has 5 N–H and O–H groups in total. The molecule has 2 aliphatic rings. The summed E-state index contributed by atoms with van der Waals surface area (Å²) < 4.78 is 5.50. The van der Waals surface area contributed by atoms with Crippen LogP contribution in [-0.4, -0.2) is 87.7 Å². The van der Waals surface area contributed by atoms with Crippen molar-refractivity contribution in [2.24, 2.45) is 5.92 Å². The average Bonchev–Trinajstić information content (AvgIpc) is 3.67. The molecule has 0 aliphatic carbocycles. The van der Waals surface area contributed by atoms with Crippen molar-refractivity contribution in [3.8, 4) is 0 Å². The molecule has 262 valence electrons. The summed E-state index contributed by atoms with van der Waals surface area (Å²) in [5.74, 6) is -3.96. The number of H-pyrrole nitrogens is 1. The van der Waals surface area contributed by atoms with Crippen molar-refractivity contribution in [3.05, 3.63) is 36.0 Å². The monoisotopic (exact) mass is 666 g/mol. The number of hydrogen-bond donors (Lipinski definition) is 5. The van der Waals surface area contributed by atoms with Crippen LogP contribution in [0.5, 0.6) is 0 Å². The Bertz CT molecular complexity index is 1510. The standard InChI is InChI=1S/C35H50N6O7/c1-7-8-13-24-30(43)38-25(17-21-19-36-23-14-10-9-12-22(21)23)31(44)39-26(18-28(42)48-35(4,5)6)34(47)41-16-11-15-27(41)32(45)40-29(20(2)3)33(46)37-24/h9-10,12,14,19-20,24-27,29,36H,7-8,11,13,15-18H2,1-6H3,(H,37,46)(H,38,43)(H,39,44)(H,40,45)/t24-,25+,26+,27-,29+/m0/s1. The molecule has 5 atom stereocenters. The molecule has 0 radical (unpaired) electrons. The number of nitrogens with zero attached hydrogens (tertiary/aromatic N) is 1. The lowest BCUT2D eigenvalue weighted by Gasteiger charge is -2.31. The number of unbranched alkanes of at least 4 members (excludes halogenated alkanes) is 1. The second-order valence-corrected chi connectivity index (χ2v) is 14.1. The van der Waals surface area contributed by atoms with Gasteiger partial charge in [-0.05, 0) is 57.6 Å². The van der Waals surface area contributed by atoms with E-state index in [1.807, 2.05) is 31.2 Å². The van der Waals surface area contributed by atoms with Crippen LogP contribution in [0.25, 0.3) is 10.9 Å². The molecule has 0 saturated carbocycles. The van der Waals surface area contributed by atoms with Crippen LogP contribution in [0.15, 0.2) is 30.5 Å². The van der Waals surface area contributed by atoms with Gasteiger partial charge >= 0.3 is 5.97 Å². The van der Waals surface area contributed by atoms with E-state index in [1.165, 1.54) is 4.90 Å². The van der Waals surface area contributed by atoms with Gasteiger partial charge in [0, 0.05) is 30.1 Å². The summed E-state index contributed by atoms with van der Waals surface area (Å²) in [4.78, 5) is 87.0. The summed E-state index contributed by atoms with van der Waals surface area (Å²) in [6.07, 6.45) is 3.91. The van der Waals surface area contributed by atoms with E-state index in [1.54, 1.807) is 40.8 Å². The summed E-state index contributed by atoms with van der Waals surface area (Å²) in [6, 6.07) is 2.13. The van der Waals surface area contributed by atoms with Crippen molar-refractivity contribution in [1.29, 1.82) is 0 Å². The van der Waals surface area contributed by atoms with E-state index in [4.69, 9.17) is 4.74 Å². The first-order valence-electron chi connectivity index (χ1n) is 17.0. The van der Waals surface area contributed by atoms with Crippen LogP contribution in [-0.2, 0) is 39.9 Å². The molecule has 1 aromatic heterocycles. The number of amides is 5. The normalized spacial score (nSPS) is 24.7. The van der Waals surface area contributed by atoms with Gasteiger partial charge in [0.1, 0.15) is 35.8 Å². The number of carbonyl (C=O) groups is 6. The molecule has 2 fully saturated rings. The summed E-state index contributed by atoms with van der Waals surface area (Å²) in [6.45, 7) is 10.9. The third kappa shape index (κ3) is 9.13. The number of nitrogens with one attached hydrogen (secondary N) is 5. The predicted molar refractivity (Wildman–Crippen MR) is 179 cm³/mol. The lowest BCUT2D eigenvalue weighted by atomic mass is 10.0. The highest BCUT2D eigenvalue weighted by Crippen LogP contribution is 2.23. The summed E-state index contributed by atoms with van der Waals surface area (Å²) in [5.41, 5.74) is 0.756. The fourth-order valence-corrected chi connectivity index (χ4v) is 6.25. The van der Waals surface area contributed by atoms with Gasteiger partial charge in [0.05, 0.1) is 6.42 Å². The number of fused-ring (bicyclic) bond motifs is 2. The van der Waals surface area contributed by atoms with Crippen LogP contribution in [0.3, 0.4) is 0 Å². The van der Waals surface area contributed by atoms with Gasteiger partial charge in [-0.1, -0.05) is 51.8 Å². The van der Waals surface area contributed by atoms with Gasteiger partial charge in [0.2, 0.25) is 29.5 Å². The summed E-state index contributed by atoms with van der Waals surface area (Å²) in [7, 11) is 0. The van der Waals surface area contributed by atoms with Crippen LogP contribution < -0.4 is 21.3 Å². The minimum absolute atomic E-state index is 0.0599. The van der Waals surface area contributed by atoms with Gasteiger partial charge in [0.25, 0.3) is 0 Å². The highest BCUT2D eigenvalue weighted by atomic mass is 16.6. The fraction of sp³-hybridized carbons (Fsp3) is 0.600. The van der Waals surface area contributed by atoms with E-state index in [9.17, 15) is 28.8 Å². The van der Waals surface area contributed by atoms with Gasteiger partial charge < -0.3 is 35.9 Å². The minimum atomic E-state index is -1.37. The maximum atomic E-state index is 14.1. The van der Waals surface area contributed by atoms with E-state index in [2.05, 4.69) is 26.3 Å². The van der Waals surface area contributed by atoms with Gasteiger partial charge in [-0.3, -0.25) is 28.8 Å². The maximum absolute atomic E-state index is 14.1. The van der Waals surface area contributed by atoms with Crippen LogP contribution in [0.1, 0.15) is 85.6 Å². The first-order chi connectivity index (χ1) is 22.7. The zero-order valence-corrected chi connectivity index (χ0v) is 28.8. The first-order valence-corrected chi connectivity index (χ1v) is 17.0. The number of rotatable bonds is 8. The van der Waals surface area contributed by atoms with Gasteiger partial charge in [-0.25, -0.2) is 0 Å². The van der Waals surface area contributed by atoms with Crippen molar-refractivity contribution >= 4 is 46.4 Å². The molecule has 2 aromatic rings. The Hall–Kier alpha value is -4.42. The molecular weight excluding hydrogens is 616 g/mol. The molecule has 1 aromatic carbocycles. The molecule has 0 bridgehead atoms. The predicted octanol–water partition coefficient (Wildman–Crippen LogP) is 2.23. The smallest absolute Gasteiger partial charge is 0.308 e. The molecular formula is C35H50N6O7. The third-order valence-corrected chi connectivity index (χ3v) is 8.70. The molecule has 2 aliphatic heterocycles. The van der Waals surface area contributed by atoms with Crippen molar-refractivity contribution in [2.75, 3.05) is 6.54 Å². The maximum Gasteiger partial charge on any atom is 0.308 e. The largest absolute Gasteiger partial charge is 0.460 e. The Morgan fingerprint density at radius 1 is 0.917 bits per heavy atom. The van der Waals surface area contributed by atoms with Crippen LogP contribution in [0, 0.1) is 5.92 Å². The third-order valence-electron chi connectivity index (χ3n) is 8.70. The molecule has 5 amide bonds. The number of benzene rings is 1. The van der Waals surface area contributed by atoms with Crippen molar-refractivity contribution in [2.45, 2.75) is 122 Å².